The van der Waals surface area contributed by atoms with Crippen molar-refractivity contribution < 1.29 is 4.74 Å². The molecule has 1 aliphatic rings. The van der Waals surface area contributed by atoms with Gasteiger partial charge in [0.25, 0.3) is 0 Å². The van der Waals surface area contributed by atoms with E-state index in [2.05, 4.69) is 5.32 Å². The third kappa shape index (κ3) is 1.20. The van der Waals surface area contributed by atoms with Gasteiger partial charge in [-0.05, 0) is 19.4 Å². The van der Waals surface area contributed by atoms with E-state index >= 15 is 0 Å². The quantitative estimate of drug-likeness (QED) is 0.401. The Balaban J connectivity index is 2.14. The predicted molar refractivity (Wildman–Crippen MR) is 30.9 cm³/mol. The minimum atomic E-state index is 0.118. The molecule has 3 heteroatoms. The first-order valence-electron chi connectivity index (χ1n) is 2.81. The van der Waals surface area contributed by atoms with Gasteiger partial charge in [-0.2, -0.15) is 0 Å². The number of nitrogens with one attached hydrogen (secondary N) is 2. The highest BCUT2D eigenvalue weighted by molar-refractivity contribution is 5.41. The lowest BCUT2D eigenvalue weighted by Crippen LogP contribution is -2.23. The van der Waals surface area contributed by atoms with Crippen LogP contribution in [0.15, 0.2) is 0 Å². The van der Waals surface area contributed by atoms with Gasteiger partial charge in [0, 0.05) is 0 Å². The van der Waals surface area contributed by atoms with Gasteiger partial charge in [-0.1, -0.05) is 0 Å². The van der Waals surface area contributed by atoms with Crippen LogP contribution in [0.4, 0.5) is 0 Å². The number of rotatable bonds is 2. The van der Waals surface area contributed by atoms with Gasteiger partial charge in [-0.25, -0.2) is 0 Å². The predicted octanol–water partition coefficient (Wildman–Crippen LogP) is 0.320. The Morgan fingerprint density at radius 1 is 1.75 bits per heavy atom. The van der Waals surface area contributed by atoms with E-state index in [1.54, 1.807) is 0 Å². The van der Waals surface area contributed by atoms with E-state index in [4.69, 9.17) is 10.1 Å². The molecule has 0 aromatic carbocycles. The lowest BCUT2D eigenvalue weighted by Gasteiger charge is -2.05. The summed E-state index contributed by atoms with van der Waals surface area (Å²) in [6.45, 7) is 1.03. The highest BCUT2D eigenvalue weighted by Crippen LogP contribution is 2.03. The van der Waals surface area contributed by atoms with Crippen LogP contribution in [0.1, 0.15) is 12.8 Å². The van der Waals surface area contributed by atoms with Crippen molar-refractivity contribution in [2.75, 3.05) is 6.54 Å². The van der Waals surface area contributed by atoms with E-state index < -0.39 is 0 Å². The van der Waals surface area contributed by atoms with Gasteiger partial charge in [0.2, 0.25) is 0 Å². The summed E-state index contributed by atoms with van der Waals surface area (Å²) in [6.07, 6.45) is 3.31. The Hall–Kier alpha value is -0.570. The van der Waals surface area contributed by atoms with Crippen molar-refractivity contribution in [1.29, 1.82) is 5.41 Å². The zero-order chi connectivity index (χ0) is 5.82. The lowest BCUT2D eigenvalue weighted by molar-refractivity contribution is 0.183. The molecule has 1 saturated heterocycles. The molecule has 0 aromatic rings. The summed E-state index contributed by atoms with van der Waals surface area (Å²) in [5.41, 5.74) is 0. The Kier molecular flexibility index (Phi) is 1.86. The molecule has 0 radical (unpaired) electrons. The third-order valence-corrected chi connectivity index (χ3v) is 1.25. The van der Waals surface area contributed by atoms with Crippen LogP contribution in [0.3, 0.4) is 0 Å². The fourth-order valence-corrected chi connectivity index (χ4v) is 0.851. The summed E-state index contributed by atoms with van der Waals surface area (Å²) in [5, 5.41) is 9.66. The summed E-state index contributed by atoms with van der Waals surface area (Å²) < 4.78 is 4.83. The van der Waals surface area contributed by atoms with Gasteiger partial charge in [0.1, 0.15) is 0 Å². The molecule has 1 unspecified atom stereocenters. The molecule has 0 aliphatic carbocycles. The molecule has 3 nitrogen and oxygen atoms in total. The van der Waals surface area contributed by atoms with Crippen LogP contribution in [-0.4, -0.2) is 19.2 Å². The second kappa shape index (κ2) is 2.67. The molecule has 0 saturated carbocycles. The van der Waals surface area contributed by atoms with E-state index in [-0.39, 0.29) is 6.23 Å². The Morgan fingerprint density at radius 3 is 3.12 bits per heavy atom. The Labute approximate surface area is 48.5 Å². The molecule has 1 aliphatic heterocycles. The molecular weight excluding hydrogens is 104 g/mol. The molecule has 1 atom stereocenters. The first kappa shape index (κ1) is 5.56. The highest BCUT2D eigenvalue weighted by Gasteiger charge is 2.12. The van der Waals surface area contributed by atoms with Crippen molar-refractivity contribution in [3.8, 4) is 0 Å². The molecular formula is C5H10N2O. The van der Waals surface area contributed by atoms with Crippen LogP contribution in [0, 0.1) is 5.41 Å². The Morgan fingerprint density at radius 2 is 2.62 bits per heavy atom. The zero-order valence-corrected chi connectivity index (χ0v) is 4.68. The number of hydrogen-bond acceptors (Lipinski definition) is 3. The number of hydrogen-bond donors (Lipinski definition) is 2. The van der Waals surface area contributed by atoms with E-state index in [9.17, 15) is 0 Å². The van der Waals surface area contributed by atoms with Crippen molar-refractivity contribution in [2.24, 2.45) is 0 Å². The smallest absolute Gasteiger partial charge is 0.169 e. The minimum absolute atomic E-state index is 0.118. The van der Waals surface area contributed by atoms with Crippen molar-refractivity contribution in [1.82, 2.24) is 5.32 Å². The fraction of sp³-hybridized carbons (Fsp3) is 0.800. The second-order valence-electron chi connectivity index (χ2n) is 1.84. The summed E-state index contributed by atoms with van der Waals surface area (Å²) in [5.74, 6) is 0. The van der Waals surface area contributed by atoms with Gasteiger partial charge in [-0.3, -0.25) is 10.7 Å². The third-order valence-electron chi connectivity index (χ3n) is 1.25. The normalized spacial score (nSPS) is 27.8. The summed E-state index contributed by atoms with van der Waals surface area (Å²) in [6, 6.07) is 0. The lowest BCUT2D eigenvalue weighted by atomic mass is 10.4. The molecule has 0 bridgehead atoms. The zero-order valence-electron chi connectivity index (χ0n) is 4.68. The van der Waals surface area contributed by atoms with Gasteiger partial charge < -0.3 is 4.74 Å². The molecule has 0 amide bonds. The maximum atomic E-state index is 6.58. The summed E-state index contributed by atoms with van der Waals surface area (Å²) in [7, 11) is 0. The molecule has 1 heterocycles. The van der Waals surface area contributed by atoms with Crippen LogP contribution >= 0.6 is 0 Å². The second-order valence-corrected chi connectivity index (χ2v) is 1.84. The van der Waals surface area contributed by atoms with Crippen molar-refractivity contribution >= 4 is 6.40 Å². The average molecular weight is 114 g/mol. The molecule has 46 valence electrons. The number of ether oxygens (including phenoxy) is 1. The standard InChI is InChI=1S/C5H10N2O/c6-4-8-5-2-1-3-7-5/h4-7H,1-3H2. The first-order valence-corrected chi connectivity index (χ1v) is 2.81. The van der Waals surface area contributed by atoms with Gasteiger partial charge >= 0.3 is 0 Å². The van der Waals surface area contributed by atoms with Crippen LogP contribution in [-0.2, 0) is 4.74 Å². The van der Waals surface area contributed by atoms with E-state index in [1.165, 1.54) is 6.42 Å². The Bertz CT molecular complexity index is 78.5. The van der Waals surface area contributed by atoms with E-state index in [0.717, 1.165) is 19.4 Å². The molecule has 2 N–H and O–H groups in total. The molecule has 0 aromatic heterocycles. The molecule has 1 fully saturated rings. The van der Waals surface area contributed by atoms with Gasteiger partial charge in [0.15, 0.2) is 12.6 Å². The summed E-state index contributed by atoms with van der Waals surface area (Å²) >= 11 is 0. The van der Waals surface area contributed by atoms with Gasteiger partial charge in [0.05, 0.1) is 0 Å². The molecule has 1 rings (SSSR count). The summed E-state index contributed by atoms with van der Waals surface area (Å²) in [4.78, 5) is 0. The van der Waals surface area contributed by atoms with Crippen molar-refractivity contribution in [2.45, 2.75) is 19.1 Å². The SMILES string of the molecule is N=COC1CCCN1. The molecule has 8 heavy (non-hydrogen) atoms. The van der Waals surface area contributed by atoms with Crippen molar-refractivity contribution in [3.05, 3.63) is 0 Å². The molecule has 0 spiro atoms. The maximum Gasteiger partial charge on any atom is 0.169 e. The fourth-order valence-electron chi connectivity index (χ4n) is 0.851. The van der Waals surface area contributed by atoms with E-state index in [1.807, 2.05) is 0 Å². The monoisotopic (exact) mass is 114 g/mol. The minimum Gasteiger partial charge on any atom is -0.465 e. The van der Waals surface area contributed by atoms with Crippen LogP contribution in [0.2, 0.25) is 0 Å². The highest BCUT2D eigenvalue weighted by atomic mass is 16.5. The van der Waals surface area contributed by atoms with Crippen molar-refractivity contribution in [3.63, 3.8) is 0 Å². The van der Waals surface area contributed by atoms with Crippen LogP contribution < -0.4 is 5.32 Å². The largest absolute Gasteiger partial charge is 0.465 e. The topological polar surface area (TPSA) is 45.1 Å². The maximum absolute atomic E-state index is 6.58. The van der Waals surface area contributed by atoms with E-state index in [0.29, 0.717) is 0 Å². The average Bonchev–Trinajstić information content (AvgIpc) is 2.19. The van der Waals surface area contributed by atoms with Crippen LogP contribution in [0.5, 0.6) is 0 Å². The first-order chi connectivity index (χ1) is 3.93. The van der Waals surface area contributed by atoms with Crippen LogP contribution in [0.25, 0.3) is 0 Å². The van der Waals surface area contributed by atoms with Gasteiger partial charge in [-0.15, -0.1) is 0 Å².